The molecule has 0 unspecified atom stereocenters. The average Bonchev–Trinajstić information content (AvgIpc) is 2.59. The molecule has 0 spiro atoms. The third kappa shape index (κ3) is 4.78. The number of amides is 1. The molecule has 2 atom stereocenters. The van der Waals surface area contributed by atoms with Crippen molar-refractivity contribution >= 4 is 28.6 Å². The molecule has 1 aliphatic rings. The highest BCUT2D eigenvalue weighted by Crippen LogP contribution is 2.26. The maximum absolute atomic E-state index is 12.4. The molecule has 0 radical (unpaired) electrons. The van der Waals surface area contributed by atoms with E-state index in [-0.39, 0.29) is 24.8 Å². The van der Waals surface area contributed by atoms with E-state index in [0.717, 1.165) is 5.39 Å². The van der Waals surface area contributed by atoms with Crippen LogP contribution in [0.2, 0.25) is 5.15 Å². The molecule has 0 bridgehead atoms. The monoisotopic (exact) mass is 393 g/mol. The highest BCUT2D eigenvalue weighted by Gasteiger charge is 2.35. The third-order valence-electron chi connectivity index (χ3n) is 4.24. The molecule has 1 amide bonds. The molecular weight excluding hydrogens is 370 g/mol. The summed E-state index contributed by atoms with van der Waals surface area (Å²) < 4.78 is 17.2. The van der Waals surface area contributed by atoms with E-state index in [4.69, 9.17) is 25.8 Å². The molecule has 0 N–H and O–H groups in total. The van der Waals surface area contributed by atoms with Gasteiger partial charge in [0.1, 0.15) is 23.5 Å². The lowest BCUT2D eigenvalue weighted by Crippen LogP contribution is -2.55. The number of nitrogens with zero attached hydrogens (tertiary/aromatic N) is 3. The van der Waals surface area contributed by atoms with Crippen molar-refractivity contribution in [3.63, 3.8) is 0 Å². The summed E-state index contributed by atoms with van der Waals surface area (Å²) in [7, 11) is 0. The van der Waals surface area contributed by atoms with Gasteiger partial charge in [-0.3, -0.25) is 4.98 Å². The number of carbonyl (C=O) groups is 1. The Kier molecular flexibility index (Phi) is 5.72. The molecule has 2 aromatic heterocycles. The summed E-state index contributed by atoms with van der Waals surface area (Å²) in [6.45, 7) is 8.60. The highest BCUT2D eigenvalue weighted by atomic mass is 35.5. The highest BCUT2D eigenvalue weighted by molar-refractivity contribution is 6.30. The first-order valence-corrected chi connectivity index (χ1v) is 9.28. The van der Waals surface area contributed by atoms with Crippen molar-refractivity contribution < 1.29 is 19.0 Å². The molecule has 8 heteroatoms. The normalized spacial score (nSPS) is 20.6. The van der Waals surface area contributed by atoms with Gasteiger partial charge < -0.3 is 19.1 Å². The number of morpholine rings is 1. The number of hydrogen-bond donors (Lipinski definition) is 0. The number of rotatable bonds is 3. The van der Waals surface area contributed by atoms with Crippen molar-refractivity contribution in [2.75, 3.05) is 19.8 Å². The van der Waals surface area contributed by atoms with Gasteiger partial charge in [-0.05, 0) is 39.8 Å². The number of halogens is 1. The van der Waals surface area contributed by atoms with Crippen molar-refractivity contribution in [3.8, 4) is 5.88 Å². The van der Waals surface area contributed by atoms with Crippen LogP contribution in [0.4, 0.5) is 4.79 Å². The largest absolute Gasteiger partial charge is 0.474 e. The summed E-state index contributed by atoms with van der Waals surface area (Å²) in [5.41, 5.74) is 0.165. The zero-order valence-corrected chi connectivity index (χ0v) is 16.7. The molecule has 7 nitrogen and oxygen atoms in total. The van der Waals surface area contributed by atoms with Crippen LogP contribution in [0.3, 0.4) is 0 Å². The second-order valence-electron chi connectivity index (χ2n) is 7.45. The predicted molar refractivity (Wildman–Crippen MR) is 102 cm³/mol. The average molecular weight is 394 g/mol. The van der Waals surface area contributed by atoms with Gasteiger partial charge in [-0.25, -0.2) is 9.78 Å². The SMILES string of the molecule is C[C@H]1[C@@H](COc2nc(Cl)cc3ncccc23)OCCN1C(=O)OC(C)(C)C. The summed E-state index contributed by atoms with van der Waals surface area (Å²) in [6, 6.07) is 5.18. The third-order valence-corrected chi connectivity index (χ3v) is 4.43. The number of carbonyl (C=O) groups excluding carboxylic acids is 1. The minimum absolute atomic E-state index is 0.197. The number of ether oxygens (including phenoxy) is 3. The van der Waals surface area contributed by atoms with Crippen molar-refractivity contribution in [1.29, 1.82) is 0 Å². The van der Waals surface area contributed by atoms with Gasteiger partial charge in [0.25, 0.3) is 0 Å². The van der Waals surface area contributed by atoms with Crippen LogP contribution in [0.1, 0.15) is 27.7 Å². The van der Waals surface area contributed by atoms with Crippen molar-refractivity contribution in [1.82, 2.24) is 14.9 Å². The molecule has 1 aliphatic heterocycles. The fourth-order valence-electron chi connectivity index (χ4n) is 2.90. The second kappa shape index (κ2) is 7.86. The Morgan fingerprint density at radius 3 is 2.96 bits per heavy atom. The first-order chi connectivity index (χ1) is 12.7. The van der Waals surface area contributed by atoms with Crippen molar-refractivity contribution in [3.05, 3.63) is 29.5 Å². The molecular formula is C19H24ClN3O4. The first kappa shape index (κ1) is 19.6. The van der Waals surface area contributed by atoms with Crippen LogP contribution in [0.15, 0.2) is 24.4 Å². The van der Waals surface area contributed by atoms with Gasteiger partial charge in [-0.2, -0.15) is 0 Å². The van der Waals surface area contributed by atoms with Crippen LogP contribution < -0.4 is 4.74 Å². The summed E-state index contributed by atoms with van der Waals surface area (Å²) in [4.78, 5) is 22.6. The van der Waals surface area contributed by atoms with Crippen LogP contribution in [-0.4, -0.2) is 58.5 Å². The van der Waals surface area contributed by atoms with Gasteiger partial charge in [0, 0.05) is 18.8 Å². The molecule has 0 aromatic carbocycles. The van der Waals surface area contributed by atoms with Gasteiger partial charge in [0.05, 0.1) is 23.6 Å². The van der Waals surface area contributed by atoms with Crippen molar-refractivity contribution in [2.24, 2.45) is 0 Å². The molecule has 27 heavy (non-hydrogen) atoms. The molecule has 0 aliphatic carbocycles. The molecule has 1 fully saturated rings. The number of aromatic nitrogens is 2. The van der Waals surface area contributed by atoms with E-state index < -0.39 is 5.60 Å². The van der Waals surface area contributed by atoms with Gasteiger partial charge >= 0.3 is 6.09 Å². The predicted octanol–water partition coefficient (Wildman–Crippen LogP) is 3.69. The summed E-state index contributed by atoms with van der Waals surface area (Å²) in [5, 5.41) is 1.08. The quantitative estimate of drug-likeness (QED) is 0.740. The topological polar surface area (TPSA) is 73.8 Å². The summed E-state index contributed by atoms with van der Waals surface area (Å²) in [6.07, 6.45) is 1.03. The second-order valence-corrected chi connectivity index (χ2v) is 7.84. The van der Waals surface area contributed by atoms with Gasteiger partial charge in [-0.1, -0.05) is 11.6 Å². The lowest BCUT2D eigenvalue weighted by molar-refractivity contribution is -0.0840. The van der Waals surface area contributed by atoms with E-state index in [1.54, 1.807) is 17.2 Å². The Hall–Kier alpha value is -2.12. The smallest absolute Gasteiger partial charge is 0.410 e. The van der Waals surface area contributed by atoms with E-state index in [9.17, 15) is 4.79 Å². The van der Waals surface area contributed by atoms with E-state index in [0.29, 0.717) is 29.7 Å². The zero-order chi connectivity index (χ0) is 19.6. The number of pyridine rings is 2. The zero-order valence-electron chi connectivity index (χ0n) is 15.9. The van der Waals surface area contributed by atoms with Crippen LogP contribution in [0.5, 0.6) is 5.88 Å². The van der Waals surface area contributed by atoms with Crippen LogP contribution in [0, 0.1) is 0 Å². The van der Waals surface area contributed by atoms with Crippen LogP contribution in [-0.2, 0) is 9.47 Å². The lowest BCUT2D eigenvalue weighted by atomic mass is 10.1. The molecule has 146 valence electrons. The summed E-state index contributed by atoms with van der Waals surface area (Å²) >= 11 is 6.07. The summed E-state index contributed by atoms with van der Waals surface area (Å²) in [5.74, 6) is 0.399. The Balaban J connectivity index is 1.70. The van der Waals surface area contributed by atoms with Gasteiger partial charge in [-0.15, -0.1) is 0 Å². The van der Waals surface area contributed by atoms with Crippen molar-refractivity contribution in [2.45, 2.75) is 45.4 Å². The number of hydrogen-bond acceptors (Lipinski definition) is 6. The number of fused-ring (bicyclic) bond motifs is 1. The Morgan fingerprint density at radius 1 is 1.44 bits per heavy atom. The maximum Gasteiger partial charge on any atom is 0.410 e. The van der Waals surface area contributed by atoms with E-state index in [2.05, 4.69) is 9.97 Å². The molecule has 0 saturated carbocycles. The fraction of sp³-hybridized carbons (Fsp3) is 0.526. The van der Waals surface area contributed by atoms with Gasteiger partial charge in [0.15, 0.2) is 0 Å². The molecule has 3 heterocycles. The van der Waals surface area contributed by atoms with E-state index >= 15 is 0 Å². The minimum atomic E-state index is -0.544. The molecule has 3 rings (SSSR count). The first-order valence-electron chi connectivity index (χ1n) is 8.90. The van der Waals surface area contributed by atoms with Crippen LogP contribution in [0.25, 0.3) is 10.9 Å². The molecule has 2 aromatic rings. The van der Waals surface area contributed by atoms with E-state index in [1.165, 1.54) is 0 Å². The maximum atomic E-state index is 12.4. The lowest BCUT2D eigenvalue weighted by Gasteiger charge is -2.39. The fourth-order valence-corrected chi connectivity index (χ4v) is 3.08. The Bertz CT molecular complexity index is 824. The van der Waals surface area contributed by atoms with E-state index in [1.807, 2.05) is 39.8 Å². The Morgan fingerprint density at radius 2 is 2.22 bits per heavy atom. The molecule has 1 saturated heterocycles. The minimum Gasteiger partial charge on any atom is -0.474 e. The standard InChI is InChI=1S/C19H24ClN3O4/c1-12-15(25-9-8-23(12)18(24)27-19(2,3)4)11-26-17-13-6-5-7-21-14(13)10-16(20)22-17/h5-7,10,12,15H,8-9,11H2,1-4H3/t12-,15+/m0/s1. The Labute approximate surface area is 163 Å². The van der Waals surface area contributed by atoms with Crippen LogP contribution >= 0.6 is 11.6 Å². The van der Waals surface area contributed by atoms with Gasteiger partial charge in [0.2, 0.25) is 5.88 Å².